The Balaban J connectivity index is 2.28. The number of aryl methyl sites for hydroxylation is 2. The second-order valence-electron chi connectivity index (χ2n) is 7.92. The number of rotatable bonds is 5. The van der Waals surface area contributed by atoms with Gasteiger partial charge in [-0.25, -0.2) is 0 Å². The Hall–Kier alpha value is -2.77. The molecule has 0 amide bonds. The summed E-state index contributed by atoms with van der Waals surface area (Å²) in [5.74, 6) is 0. The first-order valence-corrected chi connectivity index (χ1v) is 11.7. The van der Waals surface area contributed by atoms with Crippen molar-refractivity contribution in [2.45, 2.75) is 41.5 Å². The van der Waals surface area contributed by atoms with Crippen LogP contribution in [0.2, 0.25) is 0 Å². The minimum atomic E-state index is -4.10. The summed E-state index contributed by atoms with van der Waals surface area (Å²) in [6.07, 6.45) is 0. The standard InChI is InChI=1S/C26H27O3P/c1-16-12-14-23(20(5)18(16)3)25(27)30(29,22-10-8-7-9-11-22)26(28)24-15-13-17(2)19(4)21(24)6/h7-15H,1-6H3. The molecule has 0 radical (unpaired) electrons. The van der Waals surface area contributed by atoms with Gasteiger partial charge in [-0.15, -0.1) is 0 Å². The lowest BCUT2D eigenvalue weighted by Crippen LogP contribution is -2.22. The Bertz CT molecular complexity index is 1130. The fourth-order valence-electron chi connectivity index (χ4n) is 3.68. The van der Waals surface area contributed by atoms with Crippen LogP contribution in [0.25, 0.3) is 0 Å². The van der Waals surface area contributed by atoms with E-state index in [2.05, 4.69) is 0 Å². The molecule has 0 N–H and O–H groups in total. The highest BCUT2D eigenvalue weighted by molar-refractivity contribution is 8.01. The zero-order valence-electron chi connectivity index (χ0n) is 18.4. The first kappa shape index (κ1) is 21.9. The molecule has 0 saturated carbocycles. The predicted octanol–water partition coefficient (Wildman–Crippen LogP) is 6.21. The van der Waals surface area contributed by atoms with Crippen molar-refractivity contribution >= 4 is 23.5 Å². The van der Waals surface area contributed by atoms with E-state index in [0.29, 0.717) is 11.1 Å². The molecular weight excluding hydrogens is 391 g/mol. The average molecular weight is 418 g/mol. The van der Waals surface area contributed by atoms with Crippen molar-refractivity contribution in [2.75, 3.05) is 0 Å². The van der Waals surface area contributed by atoms with Gasteiger partial charge in [0.2, 0.25) is 18.2 Å². The summed E-state index contributed by atoms with van der Waals surface area (Å²) in [6.45, 7) is 11.5. The van der Waals surface area contributed by atoms with Crippen molar-refractivity contribution in [1.29, 1.82) is 0 Å². The number of benzene rings is 3. The first-order valence-electron chi connectivity index (χ1n) is 9.99. The van der Waals surface area contributed by atoms with E-state index in [9.17, 15) is 14.2 Å². The smallest absolute Gasteiger partial charge is 0.248 e. The lowest BCUT2D eigenvalue weighted by molar-refractivity contribution is 0.104. The van der Waals surface area contributed by atoms with Crippen LogP contribution in [0.4, 0.5) is 0 Å². The maximum absolute atomic E-state index is 14.4. The number of hydrogen-bond acceptors (Lipinski definition) is 3. The molecule has 0 saturated heterocycles. The van der Waals surface area contributed by atoms with Gasteiger partial charge < -0.3 is 4.57 Å². The van der Waals surface area contributed by atoms with Gasteiger partial charge in [0.05, 0.1) is 0 Å². The largest absolute Gasteiger partial charge is 0.302 e. The Kier molecular flexibility index (Phi) is 5.97. The maximum Gasteiger partial charge on any atom is 0.248 e. The number of carbonyl (C=O) groups excluding carboxylic acids is 2. The molecule has 0 unspecified atom stereocenters. The Morgan fingerprint density at radius 3 is 1.37 bits per heavy atom. The zero-order chi connectivity index (χ0) is 22.2. The van der Waals surface area contributed by atoms with E-state index < -0.39 is 18.2 Å². The normalized spacial score (nSPS) is 11.4. The van der Waals surface area contributed by atoms with Crippen molar-refractivity contribution < 1.29 is 14.2 Å². The monoisotopic (exact) mass is 418 g/mol. The summed E-state index contributed by atoms with van der Waals surface area (Å²) < 4.78 is 14.4. The highest BCUT2D eigenvalue weighted by Crippen LogP contribution is 2.52. The summed E-state index contributed by atoms with van der Waals surface area (Å²) in [4.78, 5) is 27.5. The van der Waals surface area contributed by atoms with Crippen LogP contribution in [0.3, 0.4) is 0 Å². The summed E-state index contributed by atoms with van der Waals surface area (Å²) in [7, 11) is -4.10. The molecule has 0 bridgehead atoms. The molecule has 3 aromatic rings. The van der Waals surface area contributed by atoms with Gasteiger partial charge >= 0.3 is 0 Å². The van der Waals surface area contributed by atoms with Gasteiger partial charge in [-0.1, -0.05) is 54.6 Å². The van der Waals surface area contributed by atoms with E-state index in [1.165, 1.54) is 0 Å². The zero-order valence-corrected chi connectivity index (χ0v) is 19.3. The Morgan fingerprint density at radius 2 is 0.967 bits per heavy atom. The molecule has 0 atom stereocenters. The van der Waals surface area contributed by atoms with Crippen LogP contribution < -0.4 is 5.30 Å². The molecule has 0 spiro atoms. The molecule has 4 heteroatoms. The summed E-state index contributed by atoms with van der Waals surface area (Å²) in [5, 5.41) is 0.273. The van der Waals surface area contributed by atoms with Crippen LogP contribution in [0.5, 0.6) is 0 Å². The molecule has 0 aliphatic rings. The van der Waals surface area contributed by atoms with Crippen LogP contribution >= 0.6 is 7.14 Å². The van der Waals surface area contributed by atoms with Gasteiger partial charge in [-0.2, -0.15) is 0 Å². The second kappa shape index (κ2) is 8.16. The molecule has 3 nitrogen and oxygen atoms in total. The SMILES string of the molecule is Cc1ccc(C(=O)P(=O)(C(=O)c2ccc(C)c(C)c2C)c2ccccc2)c(C)c1C. The molecular formula is C26H27O3P. The van der Waals surface area contributed by atoms with Crippen molar-refractivity contribution in [1.82, 2.24) is 0 Å². The fraction of sp³-hybridized carbons (Fsp3) is 0.231. The third-order valence-electron chi connectivity index (χ3n) is 6.27. The van der Waals surface area contributed by atoms with E-state index >= 15 is 0 Å². The van der Waals surface area contributed by atoms with Crippen LogP contribution in [0.15, 0.2) is 54.6 Å². The minimum absolute atomic E-state index is 0.273. The van der Waals surface area contributed by atoms with E-state index in [0.717, 1.165) is 33.4 Å². The molecule has 0 aromatic heterocycles. The van der Waals surface area contributed by atoms with Crippen molar-refractivity contribution in [2.24, 2.45) is 0 Å². The lowest BCUT2D eigenvalue weighted by atomic mass is 9.99. The summed E-state index contributed by atoms with van der Waals surface area (Å²) >= 11 is 0. The Labute approximate surface area is 178 Å². The van der Waals surface area contributed by atoms with Gasteiger partial charge in [0.25, 0.3) is 0 Å². The van der Waals surface area contributed by atoms with Crippen molar-refractivity contribution in [3.8, 4) is 0 Å². The molecule has 154 valence electrons. The molecule has 0 aliphatic heterocycles. The molecule has 0 aliphatic carbocycles. The van der Waals surface area contributed by atoms with Gasteiger partial charge in [0, 0.05) is 16.4 Å². The maximum atomic E-state index is 14.4. The van der Waals surface area contributed by atoms with E-state index in [1.807, 2.05) is 53.7 Å². The van der Waals surface area contributed by atoms with Crippen LogP contribution in [-0.2, 0) is 4.57 Å². The van der Waals surface area contributed by atoms with Crippen molar-refractivity contribution in [3.63, 3.8) is 0 Å². The average Bonchev–Trinajstić information content (AvgIpc) is 2.75. The summed E-state index contributed by atoms with van der Waals surface area (Å²) in [6, 6.07) is 15.5. The van der Waals surface area contributed by atoms with Crippen LogP contribution in [0, 0.1) is 41.5 Å². The van der Waals surface area contributed by atoms with Gasteiger partial charge in [-0.3, -0.25) is 9.59 Å². The minimum Gasteiger partial charge on any atom is -0.302 e. The topological polar surface area (TPSA) is 51.2 Å². The van der Waals surface area contributed by atoms with Crippen molar-refractivity contribution in [3.05, 3.63) is 99.1 Å². The van der Waals surface area contributed by atoms with E-state index in [4.69, 9.17) is 0 Å². The molecule has 3 rings (SSSR count). The van der Waals surface area contributed by atoms with Gasteiger partial charge in [-0.05, 0) is 74.9 Å². The number of carbonyl (C=O) groups is 2. The third-order valence-corrected chi connectivity index (χ3v) is 8.92. The molecule has 3 aromatic carbocycles. The van der Waals surface area contributed by atoms with E-state index in [-0.39, 0.29) is 5.30 Å². The lowest BCUT2D eigenvalue weighted by Gasteiger charge is -2.20. The third kappa shape index (κ3) is 3.48. The molecule has 30 heavy (non-hydrogen) atoms. The first-order chi connectivity index (χ1) is 14.1. The Morgan fingerprint density at radius 1 is 0.567 bits per heavy atom. The van der Waals surface area contributed by atoms with Gasteiger partial charge in [0.1, 0.15) is 0 Å². The van der Waals surface area contributed by atoms with E-state index in [1.54, 1.807) is 42.5 Å². The van der Waals surface area contributed by atoms with Gasteiger partial charge in [0.15, 0.2) is 0 Å². The highest BCUT2D eigenvalue weighted by Gasteiger charge is 2.43. The second-order valence-corrected chi connectivity index (χ2v) is 10.5. The fourth-order valence-corrected chi connectivity index (χ4v) is 6.09. The highest BCUT2D eigenvalue weighted by atomic mass is 31.2. The summed E-state index contributed by atoms with van der Waals surface area (Å²) in [5.41, 5.74) is 5.06. The quantitative estimate of drug-likeness (QED) is 0.463. The van der Waals surface area contributed by atoms with Crippen LogP contribution in [0.1, 0.15) is 54.1 Å². The molecule has 0 heterocycles. The predicted molar refractivity (Wildman–Crippen MR) is 124 cm³/mol. The van der Waals surface area contributed by atoms with Crippen LogP contribution in [-0.4, -0.2) is 11.0 Å². The molecule has 0 fully saturated rings. The number of hydrogen-bond donors (Lipinski definition) is 0.